The van der Waals surface area contributed by atoms with Crippen molar-refractivity contribution in [1.29, 1.82) is 0 Å². The topological polar surface area (TPSA) is 0 Å². The van der Waals surface area contributed by atoms with Crippen LogP contribution >= 0.6 is 0 Å². The Bertz CT molecular complexity index is 2740. The van der Waals surface area contributed by atoms with Crippen LogP contribution in [0.15, 0.2) is 174 Å². The summed E-state index contributed by atoms with van der Waals surface area (Å²) in [5.74, 6) is 0. The largest absolute Gasteiger partial charge is 0.0877 e. The van der Waals surface area contributed by atoms with E-state index in [2.05, 4.69) is 229 Å². The van der Waals surface area contributed by atoms with Gasteiger partial charge in [-0.3, -0.25) is 0 Å². The Hall–Kier alpha value is -5.72. The monoisotopic (exact) mass is 871 g/mol. The van der Waals surface area contributed by atoms with E-state index in [0.717, 1.165) is 12.8 Å². The van der Waals surface area contributed by atoms with Gasteiger partial charge in [-0.15, -0.1) is 0 Å². The first-order valence-electron chi connectivity index (χ1n) is 24.9. The molecule has 4 aromatic rings. The number of benzene rings is 4. The van der Waals surface area contributed by atoms with Gasteiger partial charge in [-0.05, 0) is 189 Å². The number of rotatable bonds is 6. The molecule has 0 spiro atoms. The van der Waals surface area contributed by atoms with Crippen LogP contribution in [0.25, 0.3) is 33.4 Å². The molecular weight excluding hydrogens is 793 g/mol. The van der Waals surface area contributed by atoms with Crippen LogP contribution < -0.4 is 0 Å². The van der Waals surface area contributed by atoms with Crippen molar-refractivity contribution in [2.75, 3.05) is 0 Å². The molecular formula is C66H78. The lowest BCUT2D eigenvalue weighted by Crippen LogP contribution is -2.16. The highest BCUT2D eigenvalue weighted by Gasteiger charge is 2.38. The fourth-order valence-corrected chi connectivity index (χ4v) is 10.5. The van der Waals surface area contributed by atoms with Crippen LogP contribution in [0, 0.1) is 13.8 Å². The fourth-order valence-electron chi connectivity index (χ4n) is 10.5. The van der Waals surface area contributed by atoms with Crippen LogP contribution in [-0.2, 0) is 17.3 Å². The summed E-state index contributed by atoms with van der Waals surface area (Å²) >= 11 is 0. The molecule has 0 saturated heterocycles. The summed E-state index contributed by atoms with van der Waals surface area (Å²) in [6, 6.07) is 29.5. The van der Waals surface area contributed by atoms with Crippen molar-refractivity contribution >= 4 is 22.3 Å². The average Bonchev–Trinajstić information content (AvgIpc) is 3.87. The summed E-state index contributed by atoms with van der Waals surface area (Å²) < 4.78 is 0. The van der Waals surface area contributed by atoms with Crippen molar-refractivity contribution in [2.24, 2.45) is 0 Å². The SMILES string of the molecule is C/C=C1\C(=C/CC2=CCCC=C2)C(C)(C)c2cc(C)ccc21.C/C=C\C=C(/C)c1ccc2c(c1)C(C)(C)C(C=C(C)C)=C2C.CC.Cc1ccc(-c2cccc3c2CC2=C3CCC=C2)cc1. The molecule has 0 unspecified atom stereocenters. The van der Waals surface area contributed by atoms with Gasteiger partial charge in [0.2, 0.25) is 0 Å². The lowest BCUT2D eigenvalue weighted by atomic mass is 9.79. The van der Waals surface area contributed by atoms with Crippen molar-refractivity contribution < 1.29 is 0 Å². The van der Waals surface area contributed by atoms with Gasteiger partial charge in [0.15, 0.2) is 0 Å². The molecule has 9 rings (SSSR count). The van der Waals surface area contributed by atoms with E-state index in [-0.39, 0.29) is 10.8 Å². The molecule has 0 amide bonds. The Kier molecular flexibility index (Phi) is 16.4. The van der Waals surface area contributed by atoms with Gasteiger partial charge < -0.3 is 0 Å². The molecule has 0 atom stereocenters. The fraction of sp³-hybridized carbons (Fsp3) is 0.333. The van der Waals surface area contributed by atoms with Gasteiger partial charge in [-0.2, -0.15) is 0 Å². The number of hydrogen-bond donors (Lipinski definition) is 0. The summed E-state index contributed by atoms with van der Waals surface area (Å²) in [4.78, 5) is 0. The molecule has 342 valence electrons. The molecule has 5 aliphatic rings. The van der Waals surface area contributed by atoms with Crippen molar-refractivity contribution in [1.82, 2.24) is 0 Å². The Balaban J connectivity index is 0.000000161. The van der Waals surface area contributed by atoms with E-state index < -0.39 is 0 Å². The summed E-state index contributed by atoms with van der Waals surface area (Å²) in [5, 5.41) is 0. The number of allylic oxidation sites excluding steroid dienone is 20. The predicted molar refractivity (Wildman–Crippen MR) is 294 cm³/mol. The first kappa shape index (κ1) is 49.7. The Morgan fingerprint density at radius 2 is 1.36 bits per heavy atom. The first-order valence-corrected chi connectivity index (χ1v) is 24.9. The third kappa shape index (κ3) is 10.6. The molecule has 0 N–H and O–H groups in total. The average molecular weight is 871 g/mol. The summed E-state index contributed by atoms with van der Waals surface area (Å²) in [6.07, 6.45) is 31.9. The molecule has 66 heavy (non-hydrogen) atoms. The van der Waals surface area contributed by atoms with Gasteiger partial charge >= 0.3 is 0 Å². The van der Waals surface area contributed by atoms with E-state index in [1.807, 2.05) is 13.8 Å². The molecule has 0 saturated carbocycles. The summed E-state index contributed by atoms with van der Waals surface area (Å²) in [6.45, 7) is 30.7. The van der Waals surface area contributed by atoms with E-state index in [4.69, 9.17) is 0 Å². The lowest BCUT2D eigenvalue weighted by Gasteiger charge is -2.24. The van der Waals surface area contributed by atoms with E-state index >= 15 is 0 Å². The minimum atomic E-state index is 0.0770. The highest BCUT2D eigenvalue weighted by atomic mass is 14.4. The van der Waals surface area contributed by atoms with Gasteiger partial charge in [0.05, 0.1) is 0 Å². The molecule has 0 heteroatoms. The third-order valence-corrected chi connectivity index (χ3v) is 14.1. The van der Waals surface area contributed by atoms with Gasteiger partial charge in [0.25, 0.3) is 0 Å². The molecule has 0 heterocycles. The smallest absolute Gasteiger partial charge is 0.0155 e. The van der Waals surface area contributed by atoms with Crippen LogP contribution in [0.2, 0.25) is 0 Å². The molecule has 0 radical (unpaired) electrons. The minimum absolute atomic E-state index is 0.0770. The predicted octanol–water partition coefficient (Wildman–Crippen LogP) is 19.3. The molecule has 0 aromatic heterocycles. The molecule has 0 nitrogen and oxygen atoms in total. The van der Waals surface area contributed by atoms with Gasteiger partial charge in [0.1, 0.15) is 0 Å². The highest BCUT2D eigenvalue weighted by molar-refractivity contribution is 5.90. The molecule has 0 aliphatic heterocycles. The van der Waals surface area contributed by atoms with Crippen LogP contribution in [-0.4, -0.2) is 0 Å². The van der Waals surface area contributed by atoms with Gasteiger partial charge in [-0.1, -0.05) is 204 Å². The third-order valence-electron chi connectivity index (χ3n) is 14.1. The Labute approximate surface area is 401 Å². The zero-order chi connectivity index (χ0) is 47.8. The number of hydrogen-bond acceptors (Lipinski definition) is 0. The van der Waals surface area contributed by atoms with Crippen LogP contribution in [0.3, 0.4) is 0 Å². The maximum Gasteiger partial charge on any atom is 0.0155 e. The van der Waals surface area contributed by atoms with Crippen LogP contribution in [0.1, 0.15) is 165 Å². The van der Waals surface area contributed by atoms with E-state index in [0.29, 0.717) is 0 Å². The molecule has 4 aromatic carbocycles. The normalized spacial score (nSPS) is 18.4. The minimum Gasteiger partial charge on any atom is -0.0877 e. The highest BCUT2D eigenvalue weighted by Crippen LogP contribution is 2.51. The second-order valence-electron chi connectivity index (χ2n) is 19.8. The van der Waals surface area contributed by atoms with Crippen molar-refractivity contribution in [3.63, 3.8) is 0 Å². The second kappa shape index (κ2) is 21.7. The Morgan fingerprint density at radius 3 is 2.05 bits per heavy atom. The Morgan fingerprint density at radius 1 is 0.682 bits per heavy atom. The second-order valence-corrected chi connectivity index (χ2v) is 19.8. The quantitative estimate of drug-likeness (QED) is 0.169. The van der Waals surface area contributed by atoms with Crippen molar-refractivity contribution in [2.45, 2.75) is 146 Å². The van der Waals surface area contributed by atoms with Gasteiger partial charge in [-0.25, -0.2) is 0 Å². The number of aryl methyl sites for hydroxylation is 2. The van der Waals surface area contributed by atoms with E-state index in [9.17, 15) is 0 Å². The van der Waals surface area contributed by atoms with E-state index in [1.165, 1.54) is 131 Å². The summed E-state index contributed by atoms with van der Waals surface area (Å²) in [7, 11) is 0. The van der Waals surface area contributed by atoms with Crippen LogP contribution in [0.4, 0.5) is 0 Å². The van der Waals surface area contributed by atoms with Crippen molar-refractivity contribution in [3.8, 4) is 11.1 Å². The standard InChI is InChI=1S/C22H26.C22H28.C20H18.C2H6/c1-5-18-19-13-11-16(2)15-21(19)22(3,4)20(18)14-12-17-9-7-6-8-10-17;1-8-9-10-16(4)18-11-12-19-17(5)20(13-15(2)3)22(6,7)21(19)14-18;1-14-9-11-15(12-10-14)17-7-4-8-19-18-6-3-2-5-16(18)13-20(17)19;1-2/h5,7,9-11,13-15H,6,8,12H2,1-4H3;8-14H,1-7H3;2,4-5,7-12H,3,6,13H2,1H3;1-2H3/b18-5-,20-14+;9-8-,16-10+;;. The number of fused-ring (bicyclic) bond motifs is 4. The molecule has 0 fully saturated rings. The van der Waals surface area contributed by atoms with Gasteiger partial charge in [0, 0.05) is 10.8 Å². The molecule has 0 bridgehead atoms. The zero-order valence-electron chi connectivity index (χ0n) is 43.1. The maximum atomic E-state index is 2.45. The van der Waals surface area contributed by atoms with Crippen LogP contribution in [0.5, 0.6) is 0 Å². The maximum absolute atomic E-state index is 2.45. The lowest BCUT2D eigenvalue weighted by molar-refractivity contribution is 0.652. The first-order chi connectivity index (χ1) is 31.6. The van der Waals surface area contributed by atoms with E-state index in [1.54, 1.807) is 5.57 Å². The van der Waals surface area contributed by atoms with Crippen molar-refractivity contribution in [3.05, 3.63) is 224 Å². The molecule has 5 aliphatic carbocycles. The summed E-state index contributed by atoms with van der Waals surface area (Å²) in [5.41, 5.74) is 28.7. The zero-order valence-corrected chi connectivity index (χ0v) is 43.1.